The molecule has 0 aliphatic rings. The molecule has 6 heteroatoms. The van der Waals surface area contributed by atoms with E-state index in [1.807, 2.05) is 6.07 Å². The van der Waals surface area contributed by atoms with Gasteiger partial charge in [0, 0.05) is 12.5 Å². The molecule has 21 heavy (non-hydrogen) atoms. The number of esters is 1. The summed E-state index contributed by atoms with van der Waals surface area (Å²) in [6.45, 7) is 2.16. The molecule has 0 saturated heterocycles. The molecule has 5 nitrogen and oxygen atoms in total. The lowest BCUT2D eigenvalue weighted by Crippen LogP contribution is -2.24. The summed E-state index contributed by atoms with van der Waals surface area (Å²) in [4.78, 5) is 11.3. The van der Waals surface area contributed by atoms with E-state index in [0.717, 1.165) is 5.56 Å². The van der Waals surface area contributed by atoms with E-state index in [4.69, 9.17) is 31.5 Å². The van der Waals surface area contributed by atoms with Gasteiger partial charge in [0.1, 0.15) is 0 Å². The van der Waals surface area contributed by atoms with Crippen molar-refractivity contribution in [3.05, 3.63) is 22.7 Å². The lowest BCUT2D eigenvalue weighted by Gasteiger charge is -2.16. The minimum Gasteiger partial charge on any atom is -0.493 e. The van der Waals surface area contributed by atoms with Crippen LogP contribution in [0.4, 0.5) is 0 Å². The first kappa shape index (κ1) is 17.6. The second-order valence-electron chi connectivity index (χ2n) is 4.58. The van der Waals surface area contributed by atoms with Crippen molar-refractivity contribution in [2.45, 2.75) is 32.2 Å². The van der Waals surface area contributed by atoms with E-state index in [-0.39, 0.29) is 12.0 Å². The largest absolute Gasteiger partial charge is 0.493 e. The SMILES string of the molecule is CCOC(=O)CCC(N)Cc1ccc(OC)c(OC)c1Cl. The van der Waals surface area contributed by atoms with Crippen LogP contribution in [0.1, 0.15) is 25.3 Å². The summed E-state index contributed by atoms with van der Waals surface area (Å²) in [5, 5.41) is 0.489. The van der Waals surface area contributed by atoms with E-state index >= 15 is 0 Å². The van der Waals surface area contributed by atoms with Crippen LogP contribution in [0.2, 0.25) is 5.02 Å². The van der Waals surface area contributed by atoms with Crippen molar-refractivity contribution in [3.63, 3.8) is 0 Å². The van der Waals surface area contributed by atoms with Gasteiger partial charge in [-0.15, -0.1) is 0 Å². The molecule has 0 heterocycles. The number of carbonyl (C=O) groups excluding carboxylic acids is 1. The third kappa shape index (κ3) is 5.10. The molecule has 0 aliphatic heterocycles. The fourth-order valence-corrected chi connectivity index (χ4v) is 2.32. The maximum atomic E-state index is 11.3. The lowest BCUT2D eigenvalue weighted by molar-refractivity contribution is -0.143. The van der Waals surface area contributed by atoms with E-state index in [0.29, 0.717) is 42.4 Å². The molecule has 0 aromatic heterocycles. The van der Waals surface area contributed by atoms with Crippen LogP contribution in [0.5, 0.6) is 11.5 Å². The number of hydrogen-bond acceptors (Lipinski definition) is 5. The van der Waals surface area contributed by atoms with Gasteiger partial charge in [0.2, 0.25) is 0 Å². The zero-order valence-electron chi connectivity index (χ0n) is 12.6. The van der Waals surface area contributed by atoms with Gasteiger partial charge in [-0.1, -0.05) is 17.7 Å². The molecule has 1 atom stereocenters. The lowest BCUT2D eigenvalue weighted by atomic mass is 10.0. The second kappa shape index (κ2) is 8.74. The molecular formula is C15H22ClNO4. The molecule has 0 amide bonds. The van der Waals surface area contributed by atoms with Crippen molar-refractivity contribution in [1.82, 2.24) is 0 Å². The summed E-state index contributed by atoms with van der Waals surface area (Å²) in [5.74, 6) is 0.840. The minimum atomic E-state index is -0.230. The van der Waals surface area contributed by atoms with Gasteiger partial charge in [-0.05, 0) is 31.4 Å². The van der Waals surface area contributed by atoms with Gasteiger partial charge in [0.25, 0.3) is 0 Å². The van der Waals surface area contributed by atoms with Crippen molar-refractivity contribution in [2.75, 3.05) is 20.8 Å². The molecular weight excluding hydrogens is 294 g/mol. The number of rotatable bonds is 8. The summed E-state index contributed by atoms with van der Waals surface area (Å²) in [7, 11) is 3.09. The number of methoxy groups -OCH3 is 2. The van der Waals surface area contributed by atoms with E-state index in [2.05, 4.69) is 0 Å². The molecule has 0 bridgehead atoms. The highest BCUT2D eigenvalue weighted by molar-refractivity contribution is 6.33. The first-order chi connectivity index (χ1) is 10.0. The van der Waals surface area contributed by atoms with Crippen LogP contribution in [0.25, 0.3) is 0 Å². The molecule has 2 N–H and O–H groups in total. The van der Waals surface area contributed by atoms with E-state index in [1.54, 1.807) is 20.1 Å². The second-order valence-corrected chi connectivity index (χ2v) is 4.96. The Hall–Kier alpha value is -1.46. The van der Waals surface area contributed by atoms with E-state index < -0.39 is 0 Å². The topological polar surface area (TPSA) is 70.8 Å². The van der Waals surface area contributed by atoms with Crippen molar-refractivity contribution in [1.29, 1.82) is 0 Å². The van der Waals surface area contributed by atoms with Crippen molar-refractivity contribution in [2.24, 2.45) is 5.73 Å². The average Bonchev–Trinajstić information content (AvgIpc) is 2.47. The monoisotopic (exact) mass is 315 g/mol. The first-order valence-corrected chi connectivity index (χ1v) is 7.21. The minimum absolute atomic E-state index is 0.176. The van der Waals surface area contributed by atoms with Gasteiger partial charge in [0.05, 0.1) is 25.8 Å². The Morgan fingerprint density at radius 2 is 2.05 bits per heavy atom. The average molecular weight is 316 g/mol. The summed E-state index contributed by atoms with van der Waals surface area (Å²) in [6.07, 6.45) is 1.40. The van der Waals surface area contributed by atoms with Crippen molar-refractivity contribution >= 4 is 17.6 Å². The Balaban J connectivity index is 2.68. The third-order valence-corrected chi connectivity index (χ3v) is 3.49. The molecule has 0 aliphatic carbocycles. The first-order valence-electron chi connectivity index (χ1n) is 6.84. The van der Waals surface area contributed by atoms with Gasteiger partial charge >= 0.3 is 5.97 Å². The van der Waals surface area contributed by atoms with Crippen LogP contribution in [0, 0.1) is 0 Å². The van der Waals surface area contributed by atoms with Crippen LogP contribution < -0.4 is 15.2 Å². The number of nitrogens with two attached hydrogens (primary N) is 1. The Morgan fingerprint density at radius 1 is 1.33 bits per heavy atom. The van der Waals surface area contributed by atoms with Crippen LogP contribution in [-0.2, 0) is 16.0 Å². The predicted molar refractivity (Wildman–Crippen MR) is 82.1 cm³/mol. The number of halogens is 1. The van der Waals surface area contributed by atoms with Gasteiger partial charge in [0.15, 0.2) is 11.5 Å². The zero-order valence-corrected chi connectivity index (χ0v) is 13.4. The number of hydrogen-bond donors (Lipinski definition) is 1. The maximum absolute atomic E-state index is 11.3. The summed E-state index contributed by atoms with van der Waals surface area (Å²) in [6, 6.07) is 3.47. The normalized spacial score (nSPS) is 11.9. The van der Waals surface area contributed by atoms with Crippen LogP contribution in [0.15, 0.2) is 12.1 Å². The smallest absolute Gasteiger partial charge is 0.305 e. The quantitative estimate of drug-likeness (QED) is 0.747. The van der Waals surface area contributed by atoms with Gasteiger partial charge < -0.3 is 19.9 Å². The Bertz CT molecular complexity index is 479. The fraction of sp³-hybridized carbons (Fsp3) is 0.533. The summed E-state index contributed by atoms with van der Waals surface area (Å²) in [5.41, 5.74) is 6.91. The van der Waals surface area contributed by atoms with E-state index in [9.17, 15) is 4.79 Å². The maximum Gasteiger partial charge on any atom is 0.305 e. The van der Waals surface area contributed by atoms with Crippen LogP contribution in [0.3, 0.4) is 0 Å². The van der Waals surface area contributed by atoms with Crippen LogP contribution >= 0.6 is 11.6 Å². The van der Waals surface area contributed by atoms with Gasteiger partial charge in [-0.25, -0.2) is 0 Å². The Morgan fingerprint density at radius 3 is 2.62 bits per heavy atom. The Labute approximate surface area is 130 Å². The summed E-state index contributed by atoms with van der Waals surface area (Å²) >= 11 is 6.30. The number of carbonyl (C=O) groups is 1. The molecule has 0 fully saturated rings. The molecule has 1 rings (SSSR count). The highest BCUT2D eigenvalue weighted by Crippen LogP contribution is 2.37. The molecule has 0 saturated carbocycles. The fourth-order valence-electron chi connectivity index (χ4n) is 2.01. The number of ether oxygens (including phenoxy) is 3. The molecule has 1 unspecified atom stereocenters. The van der Waals surface area contributed by atoms with Gasteiger partial charge in [-0.2, -0.15) is 0 Å². The van der Waals surface area contributed by atoms with Crippen LogP contribution in [-0.4, -0.2) is 32.8 Å². The molecule has 0 spiro atoms. The Kier molecular flexibility index (Phi) is 7.32. The van der Waals surface area contributed by atoms with Crippen molar-refractivity contribution in [3.8, 4) is 11.5 Å². The molecule has 1 aromatic rings. The highest BCUT2D eigenvalue weighted by Gasteiger charge is 2.16. The molecule has 118 valence electrons. The zero-order chi connectivity index (χ0) is 15.8. The van der Waals surface area contributed by atoms with E-state index in [1.165, 1.54) is 7.11 Å². The third-order valence-electron chi connectivity index (χ3n) is 3.07. The van der Waals surface area contributed by atoms with Crippen molar-refractivity contribution < 1.29 is 19.0 Å². The standard InChI is InChI=1S/C15H22ClNO4/c1-4-21-13(18)8-6-11(17)9-10-5-7-12(19-2)15(20-3)14(10)16/h5,7,11H,4,6,8-9,17H2,1-3H3. The molecule has 1 aromatic carbocycles. The predicted octanol–water partition coefficient (Wildman–Crippen LogP) is 2.57. The molecule has 0 radical (unpaired) electrons. The van der Waals surface area contributed by atoms with Gasteiger partial charge in [-0.3, -0.25) is 4.79 Å². The summed E-state index contributed by atoms with van der Waals surface area (Å²) < 4.78 is 15.3. The highest BCUT2D eigenvalue weighted by atomic mass is 35.5. The number of benzene rings is 1.